The summed E-state index contributed by atoms with van der Waals surface area (Å²) >= 11 is 6.77. The third-order valence-electron chi connectivity index (χ3n) is 8.56. The van der Waals surface area contributed by atoms with Crippen molar-refractivity contribution in [2.45, 2.75) is 78.2 Å². The number of phenolic OH excluding ortho intramolecular Hbond substituents is 1. The molecule has 4 aromatic carbocycles. The molecule has 0 aliphatic carbocycles. The highest BCUT2D eigenvalue weighted by Gasteiger charge is 2.46. The Hall–Kier alpha value is -3.35. The van der Waals surface area contributed by atoms with E-state index >= 15 is 0 Å². The average Bonchev–Trinajstić information content (AvgIpc) is 3.05. The molecule has 5 atom stereocenters. The summed E-state index contributed by atoms with van der Waals surface area (Å²) in [7, 11) is 0. The zero-order valence-corrected chi connectivity index (χ0v) is 26.8. The fraction of sp³-hybridized carbons (Fsp3) is 0.368. The molecule has 0 aromatic heterocycles. The SMILES string of the molecule is CCOc1ccc(Cc2cc([C@@H]3O[C@H](CC)[C@@H](C)[C@H](OCc4ccccc4)[C@H]3OCc3ccccc3)c(C)c(O)c2Cl)cc1. The van der Waals surface area contributed by atoms with Gasteiger partial charge in [0.05, 0.1) is 37.1 Å². The molecule has 1 N–H and O–H groups in total. The molecule has 0 radical (unpaired) electrons. The zero-order chi connectivity index (χ0) is 31.1. The van der Waals surface area contributed by atoms with Crippen LogP contribution in [0.3, 0.4) is 0 Å². The fourth-order valence-corrected chi connectivity index (χ4v) is 6.34. The normalized spacial score (nSPS) is 21.7. The van der Waals surface area contributed by atoms with E-state index in [1.165, 1.54) is 0 Å². The second kappa shape index (κ2) is 15.1. The summed E-state index contributed by atoms with van der Waals surface area (Å²) < 4.78 is 25.9. The first-order valence-corrected chi connectivity index (χ1v) is 16.0. The predicted molar refractivity (Wildman–Crippen MR) is 175 cm³/mol. The number of phenols is 1. The summed E-state index contributed by atoms with van der Waals surface area (Å²) in [5.74, 6) is 0.985. The molecule has 1 fully saturated rings. The van der Waals surface area contributed by atoms with E-state index in [9.17, 15) is 5.11 Å². The van der Waals surface area contributed by atoms with Crippen LogP contribution >= 0.6 is 11.6 Å². The standard InChI is InChI=1S/C38H43ClO5/c1-5-33-26(4)36(42-23-28-13-9-7-10-14-28)38(43-24-29-15-11-8-12-16-29)37(44-33)32-22-30(34(39)35(40)25(32)3)21-27-17-19-31(20-18-27)41-6-2/h7-20,22,26,33,36-38,40H,5-6,21,23-24H2,1-4H3/t26-,33-,36+,37+,38-/m1/s1. The van der Waals surface area contributed by atoms with Gasteiger partial charge in [-0.15, -0.1) is 0 Å². The Bertz CT molecular complexity index is 1480. The molecular formula is C38H43ClO5. The van der Waals surface area contributed by atoms with E-state index < -0.39 is 12.2 Å². The van der Waals surface area contributed by atoms with Gasteiger partial charge >= 0.3 is 0 Å². The van der Waals surface area contributed by atoms with E-state index in [0.717, 1.165) is 40.0 Å². The third kappa shape index (κ3) is 7.47. The number of hydrogen-bond donors (Lipinski definition) is 1. The van der Waals surface area contributed by atoms with Gasteiger partial charge in [0.15, 0.2) is 0 Å². The fourth-order valence-electron chi connectivity index (χ4n) is 6.08. The van der Waals surface area contributed by atoms with Crippen LogP contribution in [0.4, 0.5) is 0 Å². The summed E-state index contributed by atoms with van der Waals surface area (Å²) in [5.41, 5.74) is 5.63. The van der Waals surface area contributed by atoms with Crippen LogP contribution in [0.25, 0.3) is 0 Å². The number of rotatable bonds is 12. The Balaban J connectivity index is 1.51. The highest BCUT2D eigenvalue weighted by atomic mass is 35.5. The first kappa shape index (κ1) is 32.1. The van der Waals surface area contributed by atoms with Gasteiger partial charge in [0, 0.05) is 5.92 Å². The molecule has 0 saturated carbocycles. The van der Waals surface area contributed by atoms with Crippen LogP contribution in [0.1, 0.15) is 66.7 Å². The monoisotopic (exact) mass is 614 g/mol. The molecule has 0 amide bonds. The van der Waals surface area contributed by atoms with Crippen molar-refractivity contribution >= 4 is 11.6 Å². The van der Waals surface area contributed by atoms with Gasteiger partial charge in [-0.2, -0.15) is 0 Å². The molecule has 5 nitrogen and oxygen atoms in total. The minimum Gasteiger partial charge on any atom is -0.506 e. The Morgan fingerprint density at radius 1 is 0.795 bits per heavy atom. The molecule has 232 valence electrons. The van der Waals surface area contributed by atoms with Gasteiger partial charge in [-0.3, -0.25) is 0 Å². The summed E-state index contributed by atoms with van der Waals surface area (Å²) in [4.78, 5) is 0. The van der Waals surface area contributed by atoms with Gasteiger partial charge in [0.2, 0.25) is 0 Å². The Morgan fingerprint density at radius 3 is 1.95 bits per heavy atom. The second-order valence-corrected chi connectivity index (χ2v) is 11.9. The maximum absolute atomic E-state index is 11.3. The van der Waals surface area contributed by atoms with E-state index in [1.807, 2.05) is 74.5 Å². The Labute approximate surface area is 266 Å². The number of benzene rings is 4. The van der Waals surface area contributed by atoms with Crippen molar-refractivity contribution in [2.75, 3.05) is 6.61 Å². The quantitative estimate of drug-likeness (QED) is 0.173. The van der Waals surface area contributed by atoms with Gasteiger partial charge in [-0.1, -0.05) is 104 Å². The third-order valence-corrected chi connectivity index (χ3v) is 8.99. The lowest BCUT2D eigenvalue weighted by Gasteiger charge is -2.46. The van der Waals surface area contributed by atoms with Crippen molar-refractivity contribution in [2.24, 2.45) is 5.92 Å². The highest BCUT2D eigenvalue weighted by molar-refractivity contribution is 6.33. The largest absolute Gasteiger partial charge is 0.506 e. The first-order chi connectivity index (χ1) is 21.4. The van der Waals surface area contributed by atoms with Gasteiger partial charge < -0.3 is 24.1 Å². The maximum atomic E-state index is 11.3. The predicted octanol–water partition coefficient (Wildman–Crippen LogP) is 9.00. The lowest BCUT2D eigenvalue weighted by Crippen LogP contribution is -2.52. The molecule has 6 heteroatoms. The minimum absolute atomic E-state index is 0.0517. The molecule has 4 aromatic rings. The van der Waals surface area contributed by atoms with Crippen molar-refractivity contribution in [3.8, 4) is 11.5 Å². The van der Waals surface area contributed by atoms with Crippen molar-refractivity contribution in [3.63, 3.8) is 0 Å². The Kier molecular flexibility index (Phi) is 11.0. The zero-order valence-electron chi connectivity index (χ0n) is 26.0. The van der Waals surface area contributed by atoms with Crippen molar-refractivity contribution < 1.29 is 24.1 Å². The average molecular weight is 615 g/mol. The molecule has 0 bridgehead atoms. The molecule has 0 unspecified atom stereocenters. The van der Waals surface area contributed by atoms with E-state index in [2.05, 4.69) is 44.2 Å². The summed E-state index contributed by atoms with van der Waals surface area (Å²) in [6.07, 6.45) is 0.192. The van der Waals surface area contributed by atoms with Crippen LogP contribution in [-0.4, -0.2) is 30.0 Å². The smallest absolute Gasteiger partial charge is 0.137 e. The molecule has 0 spiro atoms. The molecule has 44 heavy (non-hydrogen) atoms. The number of aromatic hydroxyl groups is 1. The van der Waals surface area contributed by atoms with Crippen molar-refractivity contribution in [1.82, 2.24) is 0 Å². The van der Waals surface area contributed by atoms with E-state index in [0.29, 0.717) is 36.8 Å². The molecule has 1 aliphatic rings. The number of ether oxygens (including phenoxy) is 4. The van der Waals surface area contributed by atoms with Crippen molar-refractivity contribution in [3.05, 3.63) is 129 Å². The molecule has 1 aliphatic heterocycles. The summed E-state index contributed by atoms with van der Waals surface area (Å²) in [6, 6.07) is 30.4. The second-order valence-electron chi connectivity index (χ2n) is 11.6. The topological polar surface area (TPSA) is 57.2 Å². The Morgan fingerprint density at radius 2 is 1.39 bits per heavy atom. The highest BCUT2D eigenvalue weighted by Crippen LogP contribution is 2.45. The number of halogens is 1. The summed E-state index contributed by atoms with van der Waals surface area (Å²) in [5, 5.41) is 11.7. The first-order valence-electron chi connectivity index (χ1n) is 15.6. The minimum atomic E-state index is -0.470. The molecule has 1 saturated heterocycles. The van der Waals surface area contributed by atoms with Gasteiger partial charge in [-0.05, 0) is 72.2 Å². The lowest BCUT2D eigenvalue weighted by atomic mass is 9.82. The lowest BCUT2D eigenvalue weighted by molar-refractivity contribution is -0.235. The van der Waals surface area contributed by atoms with Gasteiger partial charge in [0.1, 0.15) is 23.7 Å². The van der Waals surface area contributed by atoms with Gasteiger partial charge in [-0.25, -0.2) is 0 Å². The van der Waals surface area contributed by atoms with Gasteiger partial charge in [0.25, 0.3) is 0 Å². The van der Waals surface area contributed by atoms with Crippen LogP contribution in [-0.2, 0) is 33.8 Å². The van der Waals surface area contributed by atoms with Crippen molar-refractivity contribution in [1.29, 1.82) is 0 Å². The molecule has 1 heterocycles. The molecule has 5 rings (SSSR count). The number of hydrogen-bond acceptors (Lipinski definition) is 5. The van der Waals surface area contributed by atoms with E-state index in [4.69, 9.17) is 30.5 Å². The van der Waals surface area contributed by atoms with Crippen LogP contribution < -0.4 is 4.74 Å². The molecular weight excluding hydrogens is 572 g/mol. The van der Waals surface area contributed by atoms with Crippen LogP contribution in [0.2, 0.25) is 5.02 Å². The van der Waals surface area contributed by atoms with E-state index in [1.54, 1.807) is 0 Å². The van der Waals surface area contributed by atoms with Crippen LogP contribution in [0.5, 0.6) is 11.5 Å². The van der Waals surface area contributed by atoms with E-state index in [-0.39, 0.29) is 23.9 Å². The maximum Gasteiger partial charge on any atom is 0.137 e. The van der Waals surface area contributed by atoms with Crippen LogP contribution in [0, 0.1) is 12.8 Å². The summed E-state index contributed by atoms with van der Waals surface area (Å²) in [6.45, 7) is 9.69. The van der Waals surface area contributed by atoms with Crippen LogP contribution in [0.15, 0.2) is 91.0 Å².